The SMILES string of the molecule is Cc1cc(-c2cccc(NS(C)=O)c2)cc2c1C(=O)N(NC1CCC1)C2. The zero-order valence-electron chi connectivity index (χ0n) is 15.0. The summed E-state index contributed by atoms with van der Waals surface area (Å²) in [6.45, 7) is 2.60. The Balaban J connectivity index is 1.63. The number of hydrazine groups is 1. The Morgan fingerprint density at radius 1 is 1.15 bits per heavy atom. The molecule has 2 N–H and O–H groups in total. The second kappa shape index (κ2) is 6.85. The van der Waals surface area contributed by atoms with E-state index in [-0.39, 0.29) is 5.91 Å². The van der Waals surface area contributed by atoms with Gasteiger partial charge in [-0.05, 0) is 60.2 Å². The van der Waals surface area contributed by atoms with Crippen LogP contribution >= 0.6 is 0 Å². The first kappa shape index (κ1) is 17.2. The van der Waals surface area contributed by atoms with Crippen molar-refractivity contribution in [3.05, 3.63) is 53.1 Å². The number of carbonyl (C=O) groups excluding carboxylic acids is 1. The van der Waals surface area contributed by atoms with Crippen LogP contribution in [-0.4, -0.2) is 27.4 Å². The number of hydrogen-bond acceptors (Lipinski definition) is 3. The van der Waals surface area contributed by atoms with Crippen LogP contribution in [0.5, 0.6) is 0 Å². The van der Waals surface area contributed by atoms with Gasteiger partial charge in [-0.15, -0.1) is 0 Å². The maximum atomic E-state index is 12.7. The maximum absolute atomic E-state index is 12.7. The molecular weight excluding hydrogens is 346 g/mol. The van der Waals surface area contributed by atoms with Crippen molar-refractivity contribution in [3.8, 4) is 11.1 Å². The van der Waals surface area contributed by atoms with Crippen LogP contribution in [-0.2, 0) is 17.5 Å². The minimum atomic E-state index is -1.11. The number of amides is 1. The van der Waals surface area contributed by atoms with E-state index in [1.165, 1.54) is 6.42 Å². The molecule has 0 saturated heterocycles. The standard InChI is InChI=1S/C20H23N3O2S/c1-13-9-15(14-5-3-8-18(11-14)22-26(2)25)10-16-12-23(20(24)19(13)16)21-17-6-4-7-17/h3,5,8-11,17,21-22H,4,6-7,12H2,1-2H3. The summed E-state index contributed by atoms with van der Waals surface area (Å²) < 4.78 is 14.3. The molecule has 1 atom stereocenters. The van der Waals surface area contributed by atoms with Crippen LogP contribution in [0, 0.1) is 6.92 Å². The first-order valence-corrected chi connectivity index (χ1v) is 10.5. The van der Waals surface area contributed by atoms with Crippen LogP contribution < -0.4 is 10.1 Å². The molecule has 1 amide bonds. The van der Waals surface area contributed by atoms with Gasteiger partial charge in [0.1, 0.15) is 11.0 Å². The Morgan fingerprint density at radius 3 is 2.65 bits per heavy atom. The van der Waals surface area contributed by atoms with E-state index in [0.29, 0.717) is 12.6 Å². The van der Waals surface area contributed by atoms with E-state index in [9.17, 15) is 9.00 Å². The van der Waals surface area contributed by atoms with E-state index < -0.39 is 11.0 Å². The number of nitrogens with one attached hydrogen (secondary N) is 2. The Bertz CT molecular complexity index is 893. The Kier molecular flexibility index (Phi) is 4.54. The summed E-state index contributed by atoms with van der Waals surface area (Å²) in [7, 11) is -1.11. The smallest absolute Gasteiger partial charge is 0.268 e. The average molecular weight is 369 g/mol. The van der Waals surface area contributed by atoms with Gasteiger partial charge in [0.25, 0.3) is 5.91 Å². The van der Waals surface area contributed by atoms with Crippen LogP contribution in [0.2, 0.25) is 0 Å². The van der Waals surface area contributed by atoms with Gasteiger partial charge in [0.05, 0.1) is 6.54 Å². The van der Waals surface area contributed by atoms with Crippen molar-refractivity contribution in [2.75, 3.05) is 11.0 Å². The second-order valence-corrected chi connectivity index (χ2v) is 8.22. The quantitative estimate of drug-likeness (QED) is 0.849. The minimum absolute atomic E-state index is 0.0766. The third-order valence-electron chi connectivity index (χ3n) is 5.11. The Morgan fingerprint density at radius 2 is 1.96 bits per heavy atom. The predicted octanol–water partition coefficient (Wildman–Crippen LogP) is 3.38. The third-order valence-corrected chi connectivity index (χ3v) is 5.63. The molecule has 26 heavy (non-hydrogen) atoms. The van der Waals surface area contributed by atoms with Gasteiger partial charge >= 0.3 is 0 Å². The summed E-state index contributed by atoms with van der Waals surface area (Å²) in [4.78, 5) is 12.7. The number of fused-ring (bicyclic) bond motifs is 1. The first-order valence-electron chi connectivity index (χ1n) is 8.93. The monoisotopic (exact) mass is 369 g/mol. The van der Waals surface area contributed by atoms with Crippen LogP contribution in [0.25, 0.3) is 11.1 Å². The molecule has 1 heterocycles. The highest BCUT2D eigenvalue weighted by Crippen LogP contribution is 2.32. The third kappa shape index (κ3) is 3.27. The van der Waals surface area contributed by atoms with Gasteiger partial charge in [0, 0.05) is 23.5 Å². The molecule has 0 aromatic heterocycles. The average Bonchev–Trinajstić information content (AvgIpc) is 2.87. The summed E-state index contributed by atoms with van der Waals surface area (Å²) in [5.41, 5.74) is 9.20. The van der Waals surface area contributed by atoms with Crippen LogP contribution in [0.4, 0.5) is 5.69 Å². The number of carbonyl (C=O) groups is 1. The number of benzene rings is 2. The van der Waals surface area contributed by atoms with E-state index in [2.05, 4.69) is 22.3 Å². The lowest BCUT2D eigenvalue weighted by Crippen LogP contribution is -2.47. The molecule has 2 aliphatic rings. The van der Waals surface area contributed by atoms with Crippen molar-refractivity contribution >= 4 is 22.6 Å². The lowest BCUT2D eigenvalue weighted by Gasteiger charge is -2.31. The van der Waals surface area contributed by atoms with Crippen LogP contribution in [0.15, 0.2) is 36.4 Å². The normalized spacial score (nSPS) is 17.8. The lowest BCUT2D eigenvalue weighted by atomic mass is 9.94. The summed E-state index contributed by atoms with van der Waals surface area (Å²) >= 11 is 0. The van der Waals surface area contributed by atoms with Gasteiger partial charge in [-0.3, -0.25) is 9.80 Å². The largest absolute Gasteiger partial charge is 0.305 e. The highest BCUT2D eigenvalue weighted by molar-refractivity contribution is 7.85. The van der Waals surface area contributed by atoms with Gasteiger partial charge < -0.3 is 4.72 Å². The van der Waals surface area contributed by atoms with Crippen molar-refractivity contribution in [3.63, 3.8) is 0 Å². The Labute approximate surface area is 156 Å². The maximum Gasteiger partial charge on any atom is 0.268 e. The molecular formula is C20H23N3O2S. The number of aryl methyl sites for hydroxylation is 1. The van der Waals surface area contributed by atoms with Crippen molar-refractivity contribution in [1.29, 1.82) is 0 Å². The van der Waals surface area contributed by atoms with Gasteiger partial charge in [-0.2, -0.15) is 0 Å². The fourth-order valence-electron chi connectivity index (χ4n) is 3.62. The van der Waals surface area contributed by atoms with Crippen LogP contribution in [0.3, 0.4) is 0 Å². The molecule has 0 radical (unpaired) electrons. The highest BCUT2D eigenvalue weighted by atomic mass is 32.2. The fraction of sp³-hybridized carbons (Fsp3) is 0.350. The van der Waals surface area contributed by atoms with E-state index in [1.807, 2.05) is 31.2 Å². The number of hydrogen-bond donors (Lipinski definition) is 2. The van der Waals surface area contributed by atoms with Gasteiger partial charge in [-0.25, -0.2) is 9.63 Å². The van der Waals surface area contributed by atoms with Gasteiger partial charge in [-0.1, -0.05) is 24.6 Å². The zero-order valence-corrected chi connectivity index (χ0v) is 15.9. The van der Waals surface area contributed by atoms with E-state index in [0.717, 1.165) is 46.3 Å². The molecule has 5 nitrogen and oxygen atoms in total. The predicted molar refractivity (Wildman–Crippen MR) is 105 cm³/mol. The number of nitrogens with zero attached hydrogens (tertiary/aromatic N) is 1. The zero-order chi connectivity index (χ0) is 18.3. The molecule has 1 saturated carbocycles. The fourth-order valence-corrected chi connectivity index (χ4v) is 4.08. The van der Waals surface area contributed by atoms with E-state index in [1.54, 1.807) is 11.3 Å². The molecule has 1 unspecified atom stereocenters. The first-order chi connectivity index (χ1) is 12.5. The second-order valence-electron chi connectivity index (χ2n) is 7.11. The van der Waals surface area contributed by atoms with Crippen molar-refractivity contribution in [2.45, 2.75) is 38.8 Å². The van der Waals surface area contributed by atoms with Crippen molar-refractivity contribution in [2.24, 2.45) is 0 Å². The molecule has 136 valence electrons. The number of anilines is 1. The molecule has 4 rings (SSSR count). The summed E-state index contributed by atoms with van der Waals surface area (Å²) in [5.74, 6) is 0.0766. The molecule has 0 spiro atoms. The molecule has 0 bridgehead atoms. The summed E-state index contributed by atoms with van der Waals surface area (Å²) in [6, 6.07) is 12.5. The van der Waals surface area contributed by atoms with E-state index >= 15 is 0 Å². The lowest BCUT2D eigenvalue weighted by molar-refractivity contribution is 0.0593. The molecule has 6 heteroatoms. The summed E-state index contributed by atoms with van der Waals surface area (Å²) in [6.07, 6.45) is 5.14. The number of rotatable bonds is 5. The Hall–Kier alpha value is -2.18. The van der Waals surface area contributed by atoms with Crippen LogP contribution in [0.1, 0.15) is 40.7 Å². The van der Waals surface area contributed by atoms with E-state index in [4.69, 9.17) is 0 Å². The van der Waals surface area contributed by atoms with Gasteiger partial charge in [0.15, 0.2) is 0 Å². The van der Waals surface area contributed by atoms with Gasteiger partial charge in [0.2, 0.25) is 0 Å². The minimum Gasteiger partial charge on any atom is -0.305 e. The molecule has 2 aromatic rings. The van der Waals surface area contributed by atoms with Crippen molar-refractivity contribution < 1.29 is 9.00 Å². The topological polar surface area (TPSA) is 61.4 Å². The van der Waals surface area contributed by atoms with Crippen molar-refractivity contribution in [1.82, 2.24) is 10.4 Å². The molecule has 2 aromatic carbocycles. The molecule has 1 fully saturated rings. The highest BCUT2D eigenvalue weighted by Gasteiger charge is 2.32. The molecule has 1 aliphatic carbocycles. The molecule has 1 aliphatic heterocycles. The summed E-state index contributed by atoms with van der Waals surface area (Å²) in [5, 5.41) is 1.77.